The van der Waals surface area contributed by atoms with Gasteiger partial charge in [-0.25, -0.2) is 0 Å². The molecule has 3 rings (SSSR count). The molecule has 0 unspecified atom stereocenters. The summed E-state index contributed by atoms with van der Waals surface area (Å²) in [7, 11) is 0. The molecule has 1 saturated heterocycles. The van der Waals surface area contributed by atoms with Crippen LogP contribution in [0, 0.1) is 0 Å². The Morgan fingerprint density at radius 1 is 1.05 bits per heavy atom. The van der Waals surface area contributed by atoms with Crippen LogP contribution in [0.3, 0.4) is 0 Å². The minimum absolute atomic E-state index is 0.107. The van der Waals surface area contributed by atoms with Gasteiger partial charge in [0.25, 0.3) is 0 Å². The first-order valence-electron chi connectivity index (χ1n) is 7.19. The maximum Gasteiger partial charge on any atom is 0.231 e. The second-order valence-corrected chi connectivity index (χ2v) is 5.90. The molecule has 0 amide bonds. The second-order valence-electron chi connectivity index (χ2n) is 5.90. The lowest BCUT2D eigenvalue weighted by molar-refractivity contribution is 0.528. The fourth-order valence-electron chi connectivity index (χ4n) is 3.05. The molecule has 2 fully saturated rings. The molecule has 2 heterocycles. The van der Waals surface area contributed by atoms with E-state index in [9.17, 15) is 0 Å². The molecule has 0 aromatic carbocycles. The molecule has 0 atom stereocenters. The minimum Gasteiger partial charge on any atom is -0.368 e. The van der Waals surface area contributed by atoms with E-state index in [2.05, 4.69) is 32.1 Å². The van der Waals surface area contributed by atoms with Crippen LogP contribution in [0.5, 0.6) is 0 Å². The zero-order valence-electron chi connectivity index (χ0n) is 11.5. The van der Waals surface area contributed by atoms with Crippen LogP contribution in [0.15, 0.2) is 0 Å². The SMILES string of the molecule is CC1(Nc2nc(N)nc(N3CCCC3)n2)CCCC1. The van der Waals surface area contributed by atoms with Crippen molar-refractivity contribution < 1.29 is 0 Å². The fraction of sp³-hybridized carbons (Fsp3) is 0.769. The van der Waals surface area contributed by atoms with Crippen molar-refractivity contribution >= 4 is 17.8 Å². The van der Waals surface area contributed by atoms with Crippen LogP contribution >= 0.6 is 0 Å². The summed E-state index contributed by atoms with van der Waals surface area (Å²) in [6.07, 6.45) is 7.26. The van der Waals surface area contributed by atoms with Crippen LogP contribution in [-0.2, 0) is 0 Å². The van der Waals surface area contributed by atoms with E-state index in [1.807, 2.05) is 0 Å². The summed E-state index contributed by atoms with van der Waals surface area (Å²) >= 11 is 0. The minimum atomic E-state index is 0.107. The number of nitrogens with one attached hydrogen (secondary N) is 1. The number of hydrogen-bond acceptors (Lipinski definition) is 6. The molecule has 0 radical (unpaired) electrons. The van der Waals surface area contributed by atoms with Gasteiger partial charge in [-0.3, -0.25) is 0 Å². The van der Waals surface area contributed by atoms with Gasteiger partial charge in [0.2, 0.25) is 17.8 Å². The predicted molar refractivity (Wildman–Crippen MR) is 76.2 cm³/mol. The fourth-order valence-corrected chi connectivity index (χ4v) is 3.05. The van der Waals surface area contributed by atoms with Gasteiger partial charge in [-0.2, -0.15) is 15.0 Å². The molecule has 1 aromatic heterocycles. The predicted octanol–water partition coefficient (Wildman–Crippen LogP) is 1.80. The van der Waals surface area contributed by atoms with Crippen molar-refractivity contribution in [3.8, 4) is 0 Å². The number of nitrogen functional groups attached to an aromatic ring is 1. The molecule has 19 heavy (non-hydrogen) atoms. The van der Waals surface area contributed by atoms with Crippen molar-refractivity contribution in [3.63, 3.8) is 0 Å². The molecular weight excluding hydrogens is 240 g/mol. The third-order valence-corrected chi connectivity index (χ3v) is 4.15. The smallest absolute Gasteiger partial charge is 0.231 e. The van der Waals surface area contributed by atoms with E-state index in [4.69, 9.17) is 5.73 Å². The zero-order chi connectivity index (χ0) is 13.3. The molecule has 1 aromatic rings. The first-order valence-corrected chi connectivity index (χ1v) is 7.19. The third-order valence-electron chi connectivity index (χ3n) is 4.15. The van der Waals surface area contributed by atoms with Crippen molar-refractivity contribution in [2.45, 2.75) is 51.0 Å². The van der Waals surface area contributed by atoms with Gasteiger partial charge < -0.3 is 16.0 Å². The van der Waals surface area contributed by atoms with Crippen molar-refractivity contribution in [2.75, 3.05) is 29.0 Å². The Morgan fingerprint density at radius 2 is 1.74 bits per heavy atom. The topological polar surface area (TPSA) is 80.0 Å². The Bertz CT molecular complexity index is 448. The standard InChI is InChI=1S/C13H22N6/c1-13(6-2-3-7-13)18-11-15-10(14)16-12(17-11)19-8-4-5-9-19/h2-9H2,1H3,(H3,14,15,16,17,18). The van der Waals surface area contributed by atoms with E-state index in [-0.39, 0.29) is 5.54 Å². The maximum absolute atomic E-state index is 5.82. The Hall–Kier alpha value is -1.59. The molecule has 0 bridgehead atoms. The van der Waals surface area contributed by atoms with Gasteiger partial charge in [-0.05, 0) is 32.6 Å². The van der Waals surface area contributed by atoms with Crippen LogP contribution in [0.25, 0.3) is 0 Å². The Kier molecular flexibility index (Phi) is 3.16. The summed E-state index contributed by atoms with van der Waals surface area (Å²) < 4.78 is 0. The molecule has 2 aliphatic rings. The highest BCUT2D eigenvalue weighted by Gasteiger charge is 2.29. The summed E-state index contributed by atoms with van der Waals surface area (Å²) in [5.74, 6) is 1.65. The lowest BCUT2D eigenvalue weighted by Gasteiger charge is -2.26. The highest BCUT2D eigenvalue weighted by Crippen LogP contribution is 2.32. The Labute approximate surface area is 113 Å². The number of aromatic nitrogens is 3. The molecule has 1 aliphatic carbocycles. The first kappa shape index (κ1) is 12.4. The van der Waals surface area contributed by atoms with Crippen molar-refractivity contribution in [1.82, 2.24) is 15.0 Å². The highest BCUT2D eigenvalue weighted by molar-refractivity contribution is 5.43. The first-order chi connectivity index (χ1) is 9.15. The van der Waals surface area contributed by atoms with Crippen LogP contribution in [0.1, 0.15) is 45.4 Å². The van der Waals surface area contributed by atoms with Crippen molar-refractivity contribution in [3.05, 3.63) is 0 Å². The molecule has 104 valence electrons. The molecule has 3 N–H and O–H groups in total. The molecule has 1 saturated carbocycles. The average molecular weight is 262 g/mol. The lowest BCUT2D eigenvalue weighted by Crippen LogP contribution is -2.32. The number of nitrogens with two attached hydrogens (primary N) is 1. The largest absolute Gasteiger partial charge is 0.368 e. The molecule has 6 nitrogen and oxygen atoms in total. The van der Waals surface area contributed by atoms with E-state index in [1.165, 1.54) is 25.7 Å². The summed E-state index contributed by atoms with van der Waals surface area (Å²) in [6.45, 7) is 4.26. The van der Waals surface area contributed by atoms with E-state index in [0.29, 0.717) is 17.8 Å². The van der Waals surface area contributed by atoms with Gasteiger partial charge in [0, 0.05) is 18.6 Å². The van der Waals surface area contributed by atoms with E-state index in [1.54, 1.807) is 0 Å². The van der Waals surface area contributed by atoms with Gasteiger partial charge in [0.05, 0.1) is 0 Å². The summed E-state index contributed by atoms with van der Waals surface area (Å²) in [5.41, 5.74) is 5.92. The Morgan fingerprint density at radius 3 is 2.42 bits per heavy atom. The van der Waals surface area contributed by atoms with E-state index < -0.39 is 0 Å². The summed E-state index contributed by atoms with van der Waals surface area (Å²) in [4.78, 5) is 15.2. The average Bonchev–Trinajstić information content (AvgIpc) is 2.99. The number of hydrogen-bond donors (Lipinski definition) is 2. The summed E-state index contributed by atoms with van der Waals surface area (Å²) in [5, 5.41) is 3.45. The summed E-state index contributed by atoms with van der Waals surface area (Å²) in [6, 6.07) is 0. The molecule has 0 spiro atoms. The number of rotatable bonds is 3. The van der Waals surface area contributed by atoms with Gasteiger partial charge in [-0.15, -0.1) is 0 Å². The number of anilines is 3. The Balaban J connectivity index is 1.80. The quantitative estimate of drug-likeness (QED) is 0.864. The van der Waals surface area contributed by atoms with Gasteiger partial charge >= 0.3 is 0 Å². The maximum atomic E-state index is 5.82. The van der Waals surface area contributed by atoms with Crippen LogP contribution in [0.4, 0.5) is 17.8 Å². The van der Waals surface area contributed by atoms with Gasteiger partial charge in [-0.1, -0.05) is 12.8 Å². The van der Waals surface area contributed by atoms with E-state index >= 15 is 0 Å². The monoisotopic (exact) mass is 262 g/mol. The van der Waals surface area contributed by atoms with E-state index in [0.717, 1.165) is 25.9 Å². The normalized spacial score (nSPS) is 21.8. The van der Waals surface area contributed by atoms with Crippen LogP contribution < -0.4 is 16.0 Å². The van der Waals surface area contributed by atoms with Crippen LogP contribution in [0.2, 0.25) is 0 Å². The number of nitrogens with zero attached hydrogens (tertiary/aromatic N) is 4. The molecular formula is C13H22N6. The van der Waals surface area contributed by atoms with Crippen LogP contribution in [-0.4, -0.2) is 33.6 Å². The molecule has 6 heteroatoms. The second kappa shape index (κ2) is 4.83. The van der Waals surface area contributed by atoms with Gasteiger partial charge in [0.1, 0.15) is 0 Å². The third kappa shape index (κ3) is 2.72. The van der Waals surface area contributed by atoms with Gasteiger partial charge in [0.15, 0.2) is 0 Å². The highest BCUT2D eigenvalue weighted by atomic mass is 15.3. The van der Waals surface area contributed by atoms with Crippen molar-refractivity contribution in [1.29, 1.82) is 0 Å². The zero-order valence-corrected chi connectivity index (χ0v) is 11.5. The molecule has 1 aliphatic heterocycles. The lowest BCUT2D eigenvalue weighted by atomic mass is 10.0. The van der Waals surface area contributed by atoms with Crippen molar-refractivity contribution in [2.24, 2.45) is 0 Å².